The second-order valence-electron chi connectivity index (χ2n) is 8.26. The van der Waals surface area contributed by atoms with Gasteiger partial charge in [0.2, 0.25) is 0 Å². The Morgan fingerprint density at radius 1 is 1.06 bits per heavy atom. The fourth-order valence-corrected chi connectivity index (χ4v) is 4.37. The Morgan fingerprint density at radius 3 is 2.61 bits per heavy atom. The summed E-state index contributed by atoms with van der Waals surface area (Å²) in [4.78, 5) is 21.5. The van der Waals surface area contributed by atoms with E-state index < -0.39 is 23.5 Å². The Labute approximate surface area is 186 Å². The average Bonchev–Trinajstić information content (AvgIpc) is 3.16. The largest absolute Gasteiger partial charge is 0.416 e. The van der Waals surface area contributed by atoms with Crippen molar-refractivity contribution in [2.45, 2.75) is 38.9 Å². The quantitative estimate of drug-likeness (QED) is 0.368. The van der Waals surface area contributed by atoms with Gasteiger partial charge in [-0.05, 0) is 61.2 Å². The summed E-state index contributed by atoms with van der Waals surface area (Å²) in [5.74, 6) is -1.12. The molecule has 1 aliphatic rings. The molecule has 168 valence electrons. The van der Waals surface area contributed by atoms with E-state index in [0.29, 0.717) is 40.9 Å². The summed E-state index contributed by atoms with van der Waals surface area (Å²) in [6.07, 6.45) is -1.09. The third-order valence-corrected chi connectivity index (χ3v) is 6.07. The molecule has 0 fully saturated rings. The predicted molar refractivity (Wildman–Crippen MR) is 113 cm³/mol. The van der Waals surface area contributed by atoms with Crippen LogP contribution in [0.5, 0.6) is 0 Å². The Balaban J connectivity index is 1.52. The molecule has 2 aromatic heterocycles. The van der Waals surface area contributed by atoms with Crippen LogP contribution in [0.25, 0.3) is 22.3 Å². The van der Waals surface area contributed by atoms with Crippen molar-refractivity contribution in [3.05, 3.63) is 76.5 Å². The van der Waals surface area contributed by atoms with E-state index in [1.165, 1.54) is 18.3 Å². The van der Waals surface area contributed by atoms with Crippen molar-refractivity contribution in [1.29, 1.82) is 0 Å². The fourth-order valence-electron chi connectivity index (χ4n) is 4.37. The number of ketones is 1. The third kappa shape index (κ3) is 3.57. The van der Waals surface area contributed by atoms with Crippen LogP contribution in [-0.4, -0.2) is 25.5 Å². The van der Waals surface area contributed by atoms with Gasteiger partial charge in [-0.1, -0.05) is 6.07 Å². The zero-order chi connectivity index (χ0) is 23.5. The van der Waals surface area contributed by atoms with E-state index in [1.807, 2.05) is 0 Å². The Bertz CT molecular complexity index is 1420. The summed E-state index contributed by atoms with van der Waals surface area (Å²) in [7, 11) is 0. The lowest BCUT2D eigenvalue weighted by Gasteiger charge is -2.24. The van der Waals surface area contributed by atoms with Crippen LogP contribution in [0.2, 0.25) is 0 Å². The van der Waals surface area contributed by atoms with Crippen LogP contribution in [0.15, 0.2) is 42.7 Å². The first kappa shape index (κ1) is 21.2. The minimum atomic E-state index is -4.46. The topological polar surface area (TPSA) is 60.7 Å². The Hall–Kier alpha value is -3.62. The van der Waals surface area contributed by atoms with Crippen molar-refractivity contribution in [2.24, 2.45) is 0 Å². The van der Waals surface area contributed by atoms with Gasteiger partial charge in [0.25, 0.3) is 0 Å². The lowest BCUT2D eigenvalue weighted by Crippen LogP contribution is -2.26. The first-order chi connectivity index (χ1) is 15.6. The molecule has 0 aliphatic carbocycles. The second-order valence-corrected chi connectivity index (χ2v) is 8.26. The fraction of sp³-hybridized carbons (Fsp3) is 0.250. The maximum Gasteiger partial charge on any atom is 0.416 e. The normalized spacial score (nSPS) is 16.3. The molecule has 9 heteroatoms. The lowest BCUT2D eigenvalue weighted by molar-refractivity contribution is -0.137. The van der Waals surface area contributed by atoms with E-state index in [2.05, 4.69) is 15.1 Å². The molecule has 0 bridgehead atoms. The number of aromatic nitrogens is 4. The zero-order valence-electron chi connectivity index (χ0n) is 17.7. The highest BCUT2D eigenvalue weighted by molar-refractivity contribution is 6.01. The van der Waals surface area contributed by atoms with Gasteiger partial charge in [0.1, 0.15) is 11.5 Å². The lowest BCUT2D eigenvalue weighted by atomic mass is 9.85. The van der Waals surface area contributed by atoms with Gasteiger partial charge in [-0.2, -0.15) is 18.3 Å². The molecule has 5 nitrogen and oxygen atoms in total. The van der Waals surface area contributed by atoms with Gasteiger partial charge in [0, 0.05) is 23.7 Å². The molecule has 1 atom stereocenters. The van der Waals surface area contributed by atoms with E-state index in [1.54, 1.807) is 30.8 Å². The van der Waals surface area contributed by atoms with Crippen LogP contribution in [0.1, 0.15) is 45.1 Å². The molecule has 5 rings (SSSR count). The van der Waals surface area contributed by atoms with Gasteiger partial charge < -0.3 is 0 Å². The predicted octanol–water partition coefficient (Wildman–Crippen LogP) is 5.64. The minimum Gasteiger partial charge on any atom is -0.292 e. The van der Waals surface area contributed by atoms with Crippen LogP contribution in [0, 0.1) is 19.7 Å². The van der Waals surface area contributed by atoms with Gasteiger partial charge in [-0.3, -0.25) is 9.48 Å². The molecule has 2 aromatic carbocycles. The number of hydrogen-bond donors (Lipinski definition) is 0. The van der Waals surface area contributed by atoms with Crippen LogP contribution in [0.3, 0.4) is 0 Å². The Morgan fingerprint density at radius 2 is 1.85 bits per heavy atom. The number of rotatable bonds is 2. The van der Waals surface area contributed by atoms with Gasteiger partial charge in [-0.15, -0.1) is 0 Å². The third-order valence-electron chi connectivity index (χ3n) is 6.07. The molecule has 0 saturated carbocycles. The van der Waals surface area contributed by atoms with Gasteiger partial charge in [-0.25, -0.2) is 14.4 Å². The van der Waals surface area contributed by atoms with E-state index in [-0.39, 0.29) is 17.0 Å². The number of carbonyl (C=O) groups excluding carboxylic acids is 1. The van der Waals surface area contributed by atoms with Gasteiger partial charge >= 0.3 is 6.18 Å². The van der Waals surface area contributed by atoms with Gasteiger partial charge in [0.05, 0.1) is 23.2 Å². The molecule has 0 spiro atoms. The highest BCUT2D eigenvalue weighted by Crippen LogP contribution is 2.36. The summed E-state index contributed by atoms with van der Waals surface area (Å²) in [5, 5.41) is 4.43. The SMILES string of the molecule is Cc1cc(C2CCn3ncc(C)c3C2=O)c(F)cc1-c1ncc2cc(C(F)(F)F)ccc2n1. The van der Waals surface area contributed by atoms with Crippen molar-refractivity contribution in [3.8, 4) is 11.4 Å². The van der Waals surface area contributed by atoms with E-state index in [9.17, 15) is 18.0 Å². The minimum absolute atomic E-state index is 0.162. The molecule has 3 heterocycles. The molecule has 4 aromatic rings. The van der Waals surface area contributed by atoms with Crippen molar-refractivity contribution < 1.29 is 22.4 Å². The number of benzene rings is 2. The molecule has 0 saturated heterocycles. The summed E-state index contributed by atoms with van der Waals surface area (Å²) >= 11 is 0. The van der Waals surface area contributed by atoms with Crippen molar-refractivity contribution >= 4 is 16.7 Å². The smallest absolute Gasteiger partial charge is 0.292 e. The number of nitrogens with zero attached hydrogens (tertiary/aromatic N) is 4. The molecule has 0 N–H and O–H groups in total. The molecule has 1 aliphatic heterocycles. The van der Waals surface area contributed by atoms with E-state index in [0.717, 1.165) is 17.7 Å². The highest BCUT2D eigenvalue weighted by Gasteiger charge is 2.33. The first-order valence-corrected chi connectivity index (χ1v) is 10.3. The molecular formula is C24H18F4N4O. The van der Waals surface area contributed by atoms with Gasteiger partial charge in [0.15, 0.2) is 11.6 Å². The monoisotopic (exact) mass is 454 g/mol. The number of alkyl halides is 3. The number of carbonyl (C=O) groups is 1. The average molecular weight is 454 g/mol. The van der Waals surface area contributed by atoms with E-state index >= 15 is 4.39 Å². The summed E-state index contributed by atoms with van der Waals surface area (Å²) in [5.41, 5.74) is 2.20. The first-order valence-electron chi connectivity index (χ1n) is 10.3. The standard InChI is InChI=1S/C24H18F4N4O/c1-12-7-18(16-5-6-32-21(22(16)33)13(2)10-30-32)19(25)9-17(12)23-29-11-14-8-15(24(26,27)28)3-4-20(14)31-23/h3-4,7-11,16H,5-6H2,1-2H3. The van der Waals surface area contributed by atoms with Crippen LogP contribution < -0.4 is 0 Å². The summed E-state index contributed by atoms with van der Waals surface area (Å²) in [6, 6.07) is 6.14. The number of aryl methyl sites for hydroxylation is 3. The molecule has 1 unspecified atom stereocenters. The van der Waals surface area contributed by atoms with E-state index in [4.69, 9.17) is 0 Å². The second kappa shape index (κ2) is 7.47. The van der Waals surface area contributed by atoms with Crippen molar-refractivity contribution in [1.82, 2.24) is 19.7 Å². The number of fused-ring (bicyclic) bond motifs is 2. The number of halogens is 4. The van der Waals surface area contributed by atoms with Crippen molar-refractivity contribution in [3.63, 3.8) is 0 Å². The number of hydrogen-bond acceptors (Lipinski definition) is 4. The van der Waals surface area contributed by atoms with Crippen molar-refractivity contribution in [2.75, 3.05) is 0 Å². The molecule has 33 heavy (non-hydrogen) atoms. The Kier molecular flexibility index (Phi) is 4.81. The zero-order valence-corrected chi connectivity index (χ0v) is 17.7. The van der Waals surface area contributed by atoms with Crippen LogP contribution in [0.4, 0.5) is 17.6 Å². The molecule has 0 amide bonds. The maximum absolute atomic E-state index is 15.2. The highest BCUT2D eigenvalue weighted by atomic mass is 19.4. The molecule has 0 radical (unpaired) electrons. The summed E-state index contributed by atoms with van der Waals surface area (Å²) < 4.78 is 55.7. The van der Waals surface area contributed by atoms with Crippen LogP contribution in [-0.2, 0) is 12.7 Å². The molecular weight excluding hydrogens is 436 g/mol. The number of Topliss-reactive ketones (excluding diaryl/α,β-unsaturated/α-hetero) is 1. The summed E-state index contributed by atoms with van der Waals surface area (Å²) in [6.45, 7) is 4.09. The van der Waals surface area contributed by atoms with Crippen LogP contribution >= 0.6 is 0 Å². The maximum atomic E-state index is 15.2.